The highest BCUT2D eigenvalue weighted by molar-refractivity contribution is 6.36. The average Bonchev–Trinajstić information content (AvgIpc) is 3.83. The third-order valence-electron chi connectivity index (χ3n) is 9.81. The lowest BCUT2D eigenvalue weighted by atomic mass is 10.0. The maximum Gasteiger partial charge on any atom is 0.318 e. The number of fused-ring (bicyclic) bond motifs is 2. The first-order valence-electron chi connectivity index (χ1n) is 16.0. The lowest BCUT2D eigenvalue weighted by molar-refractivity contribution is -0.137. The summed E-state index contributed by atoms with van der Waals surface area (Å²) in [5.74, 6) is -4.45. The molecule has 7 rings (SSSR count). The average molecular weight is 684 g/mol. The number of piperazine rings is 1. The number of likely N-dealkylation sites (tertiary alicyclic amines) is 1. The van der Waals surface area contributed by atoms with E-state index in [0.717, 1.165) is 29.5 Å². The number of hydrogen-bond donors (Lipinski definition) is 0. The van der Waals surface area contributed by atoms with Crippen LogP contribution in [-0.2, 0) is 17.8 Å². The minimum atomic E-state index is -2.64. The van der Waals surface area contributed by atoms with Crippen molar-refractivity contribution in [2.24, 2.45) is 5.41 Å². The van der Waals surface area contributed by atoms with Crippen LogP contribution in [0.25, 0.3) is 10.8 Å². The predicted octanol–water partition coefficient (Wildman–Crippen LogP) is 5.51. The van der Waals surface area contributed by atoms with Crippen LogP contribution in [0, 0.1) is 22.6 Å². The van der Waals surface area contributed by atoms with Crippen molar-refractivity contribution in [2.45, 2.75) is 44.2 Å². The number of nitrogens with zero attached hydrogens (tertiary/aromatic N) is 7. The van der Waals surface area contributed by atoms with E-state index in [1.165, 1.54) is 11.0 Å². The van der Waals surface area contributed by atoms with Crippen LogP contribution >= 0.6 is 11.6 Å². The molecule has 3 aromatic rings. The molecule has 2 saturated heterocycles. The number of nitriles is 1. The second-order valence-electron chi connectivity index (χ2n) is 13.3. The zero-order valence-corrected chi connectivity index (χ0v) is 27.0. The molecule has 0 unspecified atom stereocenters. The zero-order chi connectivity index (χ0) is 33.8. The van der Waals surface area contributed by atoms with Gasteiger partial charge in [0.2, 0.25) is 0 Å². The van der Waals surface area contributed by atoms with Gasteiger partial charge in [0.15, 0.2) is 5.83 Å². The standard InChI is InChI=1S/C34H34ClF4N7O2/c1-21(36)31(47)46-14-13-45(15-23(46)7-11-40)30-24-8-12-44(27-4-2-3-22-5-6-25(37)29(35)28(22)27)16-26(24)41-32(42-30)48-20-33(9-10-33)17-43-18-34(38,39)19-43/h2-6,23H,1,7-10,12-20H2/t23-/m0/s1. The minimum absolute atomic E-state index is 0.00358. The smallest absolute Gasteiger partial charge is 0.318 e. The molecule has 4 aliphatic rings. The van der Waals surface area contributed by atoms with Crippen LogP contribution in [0.15, 0.2) is 42.7 Å². The molecule has 9 nitrogen and oxygen atoms in total. The van der Waals surface area contributed by atoms with Crippen LogP contribution in [0.1, 0.15) is 30.5 Å². The number of carbonyl (C=O) groups is 1. The van der Waals surface area contributed by atoms with Gasteiger partial charge in [-0.3, -0.25) is 9.69 Å². The second kappa shape index (κ2) is 12.4. The van der Waals surface area contributed by atoms with E-state index in [0.29, 0.717) is 49.5 Å². The molecule has 1 atom stereocenters. The van der Waals surface area contributed by atoms with Gasteiger partial charge >= 0.3 is 6.01 Å². The fourth-order valence-electron chi connectivity index (χ4n) is 7.16. The molecule has 48 heavy (non-hydrogen) atoms. The Bertz CT molecular complexity index is 1820. The summed E-state index contributed by atoms with van der Waals surface area (Å²) in [6.07, 6.45) is 2.23. The SMILES string of the molecule is C=C(F)C(=O)N1CCN(c2nc(OCC3(CN4CC(F)(F)C4)CC3)nc3c2CCN(c2cccc4ccc(F)c(Cl)c24)C3)C[C@@H]1CC#N. The molecule has 4 heterocycles. The number of halogens is 5. The summed E-state index contributed by atoms with van der Waals surface area (Å²) in [4.78, 5) is 29.4. The van der Waals surface area contributed by atoms with Crippen molar-refractivity contribution in [3.8, 4) is 12.1 Å². The lowest BCUT2D eigenvalue weighted by Crippen LogP contribution is -2.57. The quantitative estimate of drug-likeness (QED) is 0.216. The number of hydrogen-bond acceptors (Lipinski definition) is 8. The Morgan fingerprint density at radius 1 is 1.12 bits per heavy atom. The molecule has 3 fully saturated rings. The van der Waals surface area contributed by atoms with Crippen molar-refractivity contribution in [1.29, 1.82) is 5.26 Å². The summed E-state index contributed by atoms with van der Waals surface area (Å²) < 4.78 is 61.6. The second-order valence-corrected chi connectivity index (χ2v) is 13.7. The topological polar surface area (TPSA) is 88.8 Å². The predicted molar refractivity (Wildman–Crippen MR) is 172 cm³/mol. The van der Waals surface area contributed by atoms with E-state index in [2.05, 4.69) is 17.5 Å². The fourth-order valence-corrected chi connectivity index (χ4v) is 7.43. The van der Waals surface area contributed by atoms with E-state index in [-0.39, 0.29) is 55.7 Å². The molecule has 0 N–H and O–H groups in total. The minimum Gasteiger partial charge on any atom is -0.463 e. The summed E-state index contributed by atoms with van der Waals surface area (Å²) in [5.41, 5.74) is 2.10. The fraction of sp³-hybridized carbons (Fsp3) is 0.471. The summed E-state index contributed by atoms with van der Waals surface area (Å²) in [6, 6.07) is 10.4. The Balaban J connectivity index is 1.20. The first kappa shape index (κ1) is 32.4. The van der Waals surface area contributed by atoms with Crippen molar-refractivity contribution in [1.82, 2.24) is 19.8 Å². The van der Waals surface area contributed by atoms with Gasteiger partial charge in [-0.1, -0.05) is 36.4 Å². The normalized spacial score (nSPS) is 21.3. The first-order chi connectivity index (χ1) is 23.0. The van der Waals surface area contributed by atoms with Gasteiger partial charge in [-0.2, -0.15) is 15.2 Å². The number of ether oxygens (including phenoxy) is 1. The van der Waals surface area contributed by atoms with E-state index in [1.807, 2.05) is 23.1 Å². The van der Waals surface area contributed by atoms with Crippen LogP contribution in [0.2, 0.25) is 5.02 Å². The number of alkyl halides is 2. The molecule has 0 bridgehead atoms. The molecule has 1 saturated carbocycles. The van der Waals surface area contributed by atoms with Crippen LogP contribution < -0.4 is 14.5 Å². The molecule has 1 amide bonds. The molecule has 1 aromatic heterocycles. The van der Waals surface area contributed by atoms with Crippen LogP contribution in [0.3, 0.4) is 0 Å². The number of carbonyl (C=O) groups excluding carboxylic acids is 1. The van der Waals surface area contributed by atoms with Crippen molar-refractivity contribution >= 4 is 39.8 Å². The van der Waals surface area contributed by atoms with Crippen molar-refractivity contribution in [3.63, 3.8) is 0 Å². The summed E-state index contributed by atoms with van der Waals surface area (Å²) in [7, 11) is 0. The van der Waals surface area contributed by atoms with Crippen LogP contribution in [0.5, 0.6) is 6.01 Å². The number of benzene rings is 2. The van der Waals surface area contributed by atoms with E-state index in [9.17, 15) is 27.6 Å². The van der Waals surface area contributed by atoms with E-state index in [1.54, 1.807) is 11.0 Å². The maximum atomic E-state index is 14.6. The van der Waals surface area contributed by atoms with Gasteiger partial charge in [0.1, 0.15) is 11.6 Å². The third-order valence-corrected chi connectivity index (χ3v) is 10.2. The van der Waals surface area contributed by atoms with Gasteiger partial charge in [0, 0.05) is 54.8 Å². The molecular formula is C34H34ClF4N7O2. The van der Waals surface area contributed by atoms with Gasteiger partial charge < -0.3 is 19.4 Å². The highest BCUT2D eigenvalue weighted by Crippen LogP contribution is 2.48. The van der Waals surface area contributed by atoms with Gasteiger partial charge in [-0.15, -0.1) is 0 Å². The molecule has 2 aromatic carbocycles. The Hall–Kier alpha value is -4.15. The molecular weight excluding hydrogens is 650 g/mol. The monoisotopic (exact) mass is 683 g/mol. The Morgan fingerprint density at radius 2 is 1.92 bits per heavy atom. The lowest BCUT2D eigenvalue weighted by Gasteiger charge is -2.42. The van der Waals surface area contributed by atoms with E-state index in [4.69, 9.17) is 26.3 Å². The molecule has 0 spiro atoms. The first-order valence-corrected chi connectivity index (χ1v) is 16.4. The van der Waals surface area contributed by atoms with Crippen LogP contribution in [0.4, 0.5) is 29.1 Å². The molecule has 252 valence electrons. The van der Waals surface area contributed by atoms with Gasteiger partial charge in [0.05, 0.1) is 55.5 Å². The molecule has 1 aliphatic carbocycles. The molecule has 0 radical (unpaired) electrons. The molecule has 3 aliphatic heterocycles. The zero-order valence-electron chi connectivity index (χ0n) is 26.2. The summed E-state index contributed by atoms with van der Waals surface area (Å²) in [6.45, 7) is 5.07. The maximum absolute atomic E-state index is 14.6. The Kier molecular flexibility index (Phi) is 8.36. The number of amides is 1. The Morgan fingerprint density at radius 3 is 2.62 bits per heavy atom. The number of aromatic nitrogens is 2. The van der Waals surface area contributed by atoms with Crippen molar-refractivity contribution in [2.75, 3.05) is 62.2 Å². The van der Waals surface area contributed by atoms with E-state index < -0.39 is 29.5 Å². The Labute approximate surface area is 280 Å². The highest BCUT2D eigenvalue weighted by Gasteiger charge is 2.51. The van der Waals surface area contributed by atoms with Crippen molar-refractivity contribution < 1.29 is 27.1 Å². The highest BCUT2D eigenvalue weighted by atomic mass is 35.5. The largest absolute Gasteiger partial charge is 0.463 e. The van der Waals surface area contributed by atoms with Crippen LogP contribution in [-0.4, -0.2) is 90.1 Å². The summed E-state index contributed by atoms with van der Waals surface area (Å²) in [5, 5.41) is 11.0. The summed E-state index contributed by atoms with van der Waals surface area (Å²) >= 11 is 6.47. The number of rotatable bonds is 9. The third kappa shape index (κ3) is 6.23. The molecule has 14 heteroatoms. The van der Waals surface area contributed by atoms with Gasteiger partial charge in [-0.05, 0) is 36.8 Å². The van der Waals surface area contributed by atoms with Gasteiger partial charge in [-0.25, -0.2) is 17.6 Å². The van der Waals surface area contributed by atoms with Gasteiger partial charge in [0.25, 0.3) is 11.8 Å². The number of anilines is 2. The van der Waals surface area contributed by atoms with Crippen molar-refractivity contribution in [3.05, 3.63) is 64.8 Å². The van der Waals surface area contributed by atoms with E-state index >= 15 is 0 Å².